The minimum atomic E-state index is 0. The predicted octanol–water partition coefficient (Wildman–Crippen LogP) is -0.0658. The first-order chi connectivity index (χ1) is 6.77. The molecule has 2 aliphatic heterocycles. The highest BCUT2D eigenvalue weighted by molar-refractivity contribution is 5.85. The molecule has 5 heteroatoms. The van der Waals surface area contributed by atoms with Gasteiger partial charge in [0.2, 0.25) is 5.91 Å². The Kier molecular flexibility index (Phi) is 4.83. The second-order valence-electron chi connectivity index (χ2n) is 4.19. The number of carbonyl (C=O) groups is 1. The van der Waals surface area contributed by atoms with Crippen molar-refractivity contribution >= 4 is 18.3 Å². The fraction of sp³-hybridized carbons (Fsp3) is 0.900. The molecule has 0 saturated carbocycles. The summed E-state index contributed by atoms with van der Waals surface area (Å²) in [7, 11) is 0. The highest BCUT2D eigenvalue weighted by atomic mass is 35.5. The fourth-order valence-corrected chi connectivity index (χ4v) is 2.35. The Morgan fingerprint density at radius 2 is 1.93 bits per heavy atom. The lowest BCUT2D eigenvalue weighted by Gasteiger charge is -2.37. The molecule has 0 aromatic carbocycles. The first-order valence-corrected chi connectivity index (χ1v) is 5.47. The average Bonchev–Trinajstić information content (AvgIpc) is 2.71. The molecule has 0 aliphatic carbocycles. The maximum Gasteiger partial charge on any atom is 0.219 e. The minimum Gasteiger partial charge on any atom is -0.340 e. The molecule has 88 valence electrons. The van der Waals surface area contributed by atoms with E-state index >= 15 is 0 Å². The lowest BCUT2D eigenvalue weighted by Crippen LogP contribution is -2.51. The molecule has 4 nitrogen and oxygen atoms in total. The van der Waals surface area contributed by atoms with Gasteiger partial charge in [-0.25, -0.2) is 0 Å². The Labute approximate surface area is 97.4 Å². The van der Waals surface area contributed by atoms with Gasteiger partial charge in [-0.15, -0.1) is 12.4 Å². The molecule has 1 N–H and O–H groups in total. The van der Waals surface area contributed by atoms with Gasteiger partial charge in [0.1, 0.15) is 0 Å². The van der Waals surface area contributed by atoms with Crippen molar-refractivity contribution in [2.45, 2.75) is 19.4 Å². The minimum absolute atomic E-state index is 0. The lowest BCUT2D eigenvalue weighted by atomic mass is 10.2. The third kappa shape index (κ3) is 3.06. The third-order valence-corrected chi connectivity index (χ3v) is 3.31. The average molecular weight is 234 g/mol. The molecule has 1 amide bonds. The number of hydrogen-bond acceptors (Lipinski definition) is 3. The summed E-state index contributed by atoms with van der Waals surface area (Å²) in [6, 6.07) is 0.712. The van der Waals surface area contributed by atoms with Crippen molar-refractivity contribution in [1.29, 1.82) is 0 Å². The number of rotatable bonds is 1. The molecule has 15 heavy (non-hydrogen) atoms. The van der Waals surface area contributed by atoms with Crippen LogP contribution in [0.2, 0.25) is 0 Å². The van der Waals surface area contributed by atoms with Crippen LogP contribution < -0.4 is 5.32 Å². The van der Waals surface area contributed by atoms with E-state index in [2.05, 4.69) is 10.2 Å². The van der Waals surface area contributed by atoms with Gasteiger partial charge in [0, 0.05) is 45.7 Å². The van der Waals surface area contributed by atoms with Crippen LogP contribution in [0.15, 0.2) is 0 Å². The van der Waals surface area contributed by atoms with Crippen molar-refractivity contribution < 1.29 is 4.79 Å². The Bertz CT molecular complexity index is 211. The van der Waals surface area contributed by atoms with Crippen LogP contribution in [-0.2, 0) is 4.79 Å². The number of nitrogens with zero attached hydrogens (tertiary/aromatic N) is 2. The smallest absolute Gasteiger partial charge is 0.219 e. The van der Waals surface area contributed by atoms with E-state index in [4.69, 9.17) is 0 Å². The van der Waals surface area contributed by atoms with Crippen molar-refractivity contribution in [3.05, 3.63) is 0 Å². The van der Waals surface area contributed by atoms with Gasteiger partial charge < -0.3 is 10.2 Å². The zero-order chi connectivity index (χ0) is 9.97. The Hall–Kier alpha value is -0.320. The van der Waals surface area contributed by atoms with Crippen LogP contribution in [0, 0.1) is 0 Å². The molecule has 2 aliphatic rings. The molecule has 2 saturated heterocycles. The molecular weight excluding hydrogens is 214 g/mol. The van der Waals surface area contributed by atoms with Crippen molar-refractivity contribution in [2.24, 2.45) is 0 Å². The quantitative estimate of drug-likeness (QED) is 0.689. The zero-order valence-corrected chi connectivity index (χ0v) is 10.1. The lowest BCUT2D eigenvalue weighted by molar-refractivity contribution is -0.130. The van der Waals surface area contributed by atoms with E-state index in [9.17, 15) is 4.79 Å². The van der Waals surface area contributed by atoms with Crippen molar-refractivity contribution in [2.75, 3.05) is 39.3 Å². The van der Waals surface area contributed by atoms with E-state index in [1.54, 1.807) is 6.92 Å². The third-order valence-electron chi connectivity index (χ3n) is 3.31. The summed E-state index contributed by atoms with van der Waals surface area (Å²) in [5.74, 6) is 0.217. The summed E-state index contributed by atoms with van der Waals surface area (Å²) in [6.07, 6.45) is 1.26. The maximum absolute atomic E-state index is 11.1. The summed E-state index contributed by atoms with van der Waals surface area (Å²) in [5, 5.41) is 3.38. The largest absolute Gasteiger partial charge is 0.340 e. The van der Waals surface area contributed by atoms with Crippen molar-refractivity contribution in [3.63, 3.8) is 0 Å². The first-order valence-electron chi connectivity index (χ1n) is 5.47. The second-order valence-corrected chi connectivity index (χ2v) is 4.19. The van der Waals surface area contributed by atoms with Gasteiger partial charge in [-0.05, 0) is 13.0 Å². The Morgan fingerprint density at radius 3 is 2.40 bits per heavy atom. The van der Waals surface area contributed by atoms with Gasteiger partial charge in [0.25, 0.3) is 0 Å². The molecule has 0 aromatic rings. The van der Waals surface area contributed by atoms with E-state index in [1.807, 2.05) is 4.90 Å². The molecule has 2 rings (SSSR count). The number of amides is 1. The molecule has 2 heterocycles. The van der Waals surface area contributed by atoms with Gasteiger partial charge >= 0.3 is 0 Å². The zero-order valence-electron chi connectivity index (χ0n) is 9.24. The summed E-state index contributed by atoms with van der Waals surface area (Å²) in [5.41, 5.74) is 0. The van der Waals surface area contributed by atoms with Crippen molar-refractivity contribution in [1.82, 2.24) is 15.1 Å². The topological polar surface area (TPSA) is 35.6 Å². The summed E-state index contributed by atoms with van der Waals surface area (Å²) in [6.45, 7) is 7.85. The van der Waals surface area contributed by atoms with Gasteiger partial charge in [0.15, 0.2) is 0 Å². The number of hydrogen-bond donors (Lipinski definition) is 1. The molecule has 0 radical (unpaired) electrons. The van der Waals surface area contributed by atoms with Gasteiger partial charge in [-0.1, -0.05) is 0 Å². The maximum atomic E-state index is 11.1. The standard InChI is InChI=1S/C10H19N3O.ClH/c1-9(14)12-4-6-13(7-5-12)10-2-3-11-8-10;/h10-11H,2-8H2,1H3;1H/t10-;/m1./s1. The van der Waals surface area contributed by atoms with Crippen LogP contribution in [0.3, 0.4) is 0 Å². The van der Waals surface area contributed by atoms with Crippen LogP contribution >= 0.6 is 12.4 Å². The van der Waals surface area contributed by atoms with Crippen LogP contribution in [0.1, 0.15) is 13.3 Å². The molecule has 2 fully saturated rings. The van der Waals surface area contributed by atoms with E-state index in [-0.39, 0.29) is 18.3 Å². The molecule has 0 unspecified atom stereocenters. The molecular formula is C10H20ClN3O. The normalized spacial score (nSPS) is 27.5. The second kappa shape index (κ2) is 5.68. The number of carbonyl (C=O) groups excluding carboxylic acids is 1. The van der Waals surface area contributed by atoms with E-state index in [0.29, 0.717) is 6.04 Å². The monoisotopic (exact) mass is 233 g/mol. The molecule has 0 bridgehead atoms. The Balaban J connectivity index is 0.00000112. The van der Waals surface area contributed by atoms with Gasteiger partial charge in [0.05, 0.1) is 0 Å². The van der Waals surface area contributed by atoms with Crippen LogP contribution in [0.5, 0.6) is 0 Å². The highest BCUT2D eigenvalue weighted by Crippen LogP contribution is 2.11. The fourth-order valence-electron chi connectivity index (χ4n) is 2.35. The van der Waals surface area contributed by atoms with E-state index in [1.165, 1.54) is 6.42 Å². The Morgan fingerprint density at radius 1 is 1.27 bits per heavy atom. The van der Waals surface area contributed by atoms with E-state index in [0.717, 1.165) is 39.3 Å². The number of halogens is 1. The van der Waals surface area contributed by atoms with Crippen molar-refractivity contribution in [3.8, 4) is 0 Å². The highest BCUT2D eigenvalue weighted by Gasteiger charge is 2.26. The first kappa shape index (κ1) is 12.7. The van der Waals surface area contributed by atoms with Crippen LogP contribution in [0.4, 0.5) is 0 Å². The number of nitrogens with one attached hydrogen (secondary N) is 1. The molecule has 0 aromatic heterocycles. The number of piperazine rings is 1. The summed E-state index contributed by atoms with van der Waals surface area (Å²) >= 11 is 0. The summed E-state index contributed by atoms with van der Waals surface area (Å²) in [4.78, 5) is 15.6. The van der Waals surface area contributed by atoms with Crippen LogP contribution in [0.25, 0.3) is 0 Å². The predicted molar refractivity (Wildman–Crippen MR) is 62.3 cm³/mol. The van der Waals surface area contributed by atoms with Gasteiger partial charge in [-0.2, -0.15) is 0 Å². The molecule has 1 atom stereocenters. The SMILES string of the molecule is CC(=O)N1CCN([C@@H]2CCNC2)CC1.Cl. The van der Waals surface area contributed by atoms with Crippen LogP contribution in [-0.4, -0.2) is 61.0 Å². The van der Waals surface area contributed by atoms with E-state index < -0.39 is 0 Å². The summed E-state index contributed by atoms with van der Waals surface area (Å²) < 4.78 is 0. The molecule has 0 spiro atoms. The van der Waals surface area contributed by atoms with Gasteiger partial charge in [-0.3, -0.25) is 9.69 Å².